The summed E-state index contributed by atoms with van der Waals surface area (Å²) in [4.78, 5) is 0. The van der Waals surface area contributed by atoms with Crippen molar-refractivity contribution in [1.29, 1.82) is 0 Å². The van der Waals surface area contributed by atoms with Crippen LogP contribution in [-0.2, 0) is 4.74 Å². The van der Waals surface area contributed by atoms with Crippen LogP contribution in [0.2, 0.25) is 0 Å². The van der Waals surface area contributed by atoms with E-state index >= 15 is 0 Å². The van der Waals surface area contributed by atoms with Crippen molar-refractivity contribution in [2.75, 3.05) is 6.61 Å². The van der Waals surface area contributed by atoms with Gasteiger partial charge in [0.1, 0.15) is 6.10 Å². The summed E-state index contributed by atoms with van der Waals surface area (Å²) < 4.78 is 4.86. The van der Waals surface area contributed by atoms with E-state index in [1.165, 1.54) is 0 Å². The molecule has 0 amide bonds. The Kier molecular flexibility index (Phi) is 3.03. The van der Waals surface area contributed by atoms with Gasteiger partial charge in [-0.3, -0.25) is 0 Å². The molecule has 1 fully saturated rings. The maximum atomic E-state index is 9.45. The molecule has 0 spiro atoms. The molecule has 5 N–H and O–H groups in total. The van der Waals surface area contributed by atoms with E-state index in [0.29, 0.717) is 0 Å². The fourth-order valence-corrected chi connectivity index (χ4v) is 1.33. The van der Waals surface area contributed by atoms with E-state index in [0.717, 1.165) is 0 Å². The fourth-order valence-electron chi connectivity index (χ4n) is 1.33. The molecule has 72 valence electrons. The Bertz CT molecular complexity index is 150. The van der Waals surface area contributed by atoms with Gasteiger partial charge in [-0.2, -0.15) is 0 Å². The number of hydrogen-bond donors (Lipinski definition) is 4. The number of nitrogens with two attached hydrogens (primary N) is 1. The summed E-state index contributed by atoms with van der Waals surface area (Å²) in [7, 11) is 0. The van der Waals surface area contributed by atoms with Gasteiger partial charge in [-0.25, -0.2) is 0 Å². The van der Waals surface area contributed by atoms with Crippen LogP contribution in [0, 0.1) is 5.92 Å². The predicted octanol–water partition coefficient (Wildman–Crippen LogP) is -1.98. The van der Waals surface area contributed by atoms with Crippen LogP contribution in [0.25, 0.3) is 0 Å². The van der Waals surface area contributed by atoms with Crippen LogP contribution in [0.15, 0.2) is 0 Å². The minimum absolute atomic E-state index is 0.272. The second-order valence-corrected chi connectivity index (χ2v) is 3.17. The molecule has 0 radical (unpaired) electrons. The molecule has 5 unspecified atom stereocenters. The molecule has 12 heavy (non-hydrogen) atoms. The van der Waals surface area contributed by atoms with Crippen molar-refractivity contribution >= 4 is 0 Å². The Hall–Kier alpha value is -0.200. The molecule has 1 saturated heterocycles. The summed E-state index contributed by atoms with van der Waals surface area (Å²) >= 11 is 0. The standard InChI is InChI=1S/C7H15NO4/c1-3-5(8)7(11)12-4(2-9)6(3)10/h3-7,9-11H,2,8H2,1H3. The molecule has 5 nitrogen and oxygen atoms in total. The summed E-state index contributed by atoms with van der Waals surface area (Å²) in [5.74, 6) is -0.272. The SMILES string of the molecule is CC1C(N)C(O)OC(CO)C1O. The van der Waals surface area contributed by atoms with Gasteiger partial charge in [-0.15, -0.1) is 0 Å². The lowest BCUT2D eigenvalue weighted by atomic mass is 9.90. The Morgan fingerprint density at radius 2 is 2.00 bits per heavy atom. The first-order valence-corrected chi connectivity index (χ1v) is 3.96. The third-order valence-corrected chi connectivity index (χ3v) is 2.35. The quantitative estimate of drug-likeness (QED) is 0.372. The topological polar surface area (TPSA) is 95.9 Å². The number of aliphatic hydroxyl groups is 3. The van der Waals surface area contributed by atoms with Crippen LogP contribution in [0.4, 0.5) is 0 Å². The zero-order chi connectivity index (χ0) is 9.30. The van der Waals surface area contributed by atoms with Crippen LogP contribution in [-0.4, -0.2) is 46.5 Å². The van der Waals surface area contributed by atoms with Gasteiger partial charge in [0.15, 0.2) is 6.29 Å². The van der Waals surface area contributed by atoms with Gasteiger partial charge in [-0.05, 0) is 0 Å². The molecule has 0 aromatic rings. The smallest absolute Gasteiger partial charge is 0.170 e. The average molecular weight is 177 g/mol. The lowest BCUT2D eigenvalue weighted by Crippen LogP contribution is -2.57. The van der Waals surface area contributed by atoms with Gasteiger partial charge in [0.2, 0.25) is 0 Å². The van der Waals surface area contributed by atoms with Crippen LogP contribution in [0.5, 0.6) is 0 Å². The molecule has 0 saturated carbocycles. The Balaban J connectivity index is 2.63. The van der Waals surface area contributed by atoms with Gasteiger partial charge >= 0.3 is 0 Å². The molecule has 0 aliphatic carbocycles. The summed E-state index contributed by atoms with van der Waals surface area (Å²) in [6.07, 6.45) is -2.64. The fraction of sp³-hybridized carbons (Fsp3) is 1.00. The minimum Gasteiger partial charge on any atom is -0.394 e. The number of hydrogen-bond acceptors (Lipinski definition) is 5. The van der Waals surface area contributed by atoms with Gasteiger partial charge in [0.05, 0.1) is 18.8 Å². The normalized spacial score (nSPS) is 49.2. The molecule has 1 rings (SSSR count). The highest BCUT2D eigenvalue weighted by molar-refractivity contribution is 4.87. The van der Waals surface area contributed by atoms with E-state index in [1.54, 1.807) is 6.92 Å². The number of aliphatic hydroxyl groups excluding tert-OH is 3. The van der Waals surface area contributed by atoms with Crippen molar-refractivity contribution in [2.45, 2.75) is 31.5 Å². The molecule has 1 aliphatic rings. The maximum absolute atomic E-state index is 9.45. The summed E-state index contributed by atoms with van der Waals surface area (Å²) in [5, 5.41) is 27.4. The third kappa shape index (κ3) is 1.60. The molecule has 1 heterocycles. The second-order valence-electron chi connectivity index (χ2n) is 3.17. The molecule has 5 heteroatoms. The Morgan fingerprint density at radius 1 is 1.42 bits per heavy atom. The number of ether oxygens (including phenoxy) is 1. The van der Waals surface area contributed by atoms with Crippen molar-refractivity contribution < 1.29 is 20.1 Å². The van der Waals surface area contributed by atoms with Crippen LogP contribution >= 0.6 is 0 Å². The summed E-state index contributed by atoms with van der Waals surface area (Å²) in [6, 6.07) is -0.595. The van der Waals surface area contributed by atoms with Gasteiger partial charge in [0, 0.05) is 5.92 Å². The average Bonchev–Trinajstić information content (AvgIpc) is 2.08. The van der Waals surface area contributed by atoms with Crippen molar-refractivity contribution in [1.82, 2.24) is 0 Å². The van der Waals surface area contributed by atoms with Crippen molar-refractivity contribution in [2.24, 2.45) is 11.7 Å². The zero-order valence-corrected chi connectivity index (χ0v) is 6.92. The minimum atomic E-state index is -1.10. The van der Waals surface area contributed by atoms with Crippen LogP contribution < -0.4 is 5.73 Å². The lowest BCUT2D eigenvalue weighted by Gasteiger charge is -2.39. The summed E-state index contributed by atoms with van der Waals surface area (Å²) in [5.41, 5.74) is 5.51. The highest BCUT2D eigenvalue weighted by Gasteiger charge is 2.39. The summed E-state index contributed by atoms with van der Waals surface area (Å²) in [6.45, 7) is 1.40. The first-order chi connectivity index (χ1) is 5.57. The van der Waals surface area contributed by atoms with Crippen LogP contribution in [0.3, 0.4) is 0 Å². The van der Waals surface area contributed by atoms with E-state index in [2.05, 4.69) is 0 Å². The zero-order valence-electron chi connectivity index (χ0n) is 6.92. The van der Waals surface area contributed by atoms with Crippen molar-refractivity contribution in [3.05, 3.63) is 0 Å². The second kappa shape index (κ2) is 3.68. The first-order valence-electron chi connectivity index (χ1n) is 3.96. The van der Waals surface area contributed by atoms with E-state index in [9.17, 15) is 10.2 Å². The first kappa shape index (κ1) is 9.88. The molecular weight excluding hydrogens is 162 g/mol. The van der Waals surface area contributed by atoms with E-state index in [1.807, 2.05) is 0 Å². The van der Waals surface area contributed by atoms with Gasteiger partial charge < -0.3 is 25.8 Å². The highest BCUT2D eigenvalue weighted by Crippen LogP contribution is 2.22. The lowest BCUT2D eigenvalue weighted by molar-refractivity contribution is -0.233. The Morgan fingerprint density at radius 3 is 2.50 bits per heavy atom. The molecule has 5 atom stereocenters. The molecule has 0 bridgehead atoms. The van der Waals surface area contributed by atoms with E-state index in [-0.39, 0.29) is 12.5 Å². The van der Waals surface area contributed by atoms with E-state index in [4.69, 9.17) is 15.6 Å². The predicted molar refractivity (Wildman–Crippen MR) is 41.1 cm³/mol. The molecule has 0 aromatic heterocycles. The Labute approximate surface area is 70.8 Å². The highest BCUT2D eigenvalue weighted by atomic mass is 16.6. The maximum Gasteiger partial charge on any atom is 0.170 e. The third-order valence-electron chi connectivity index (χ3n) is 2.35. The number of rotatable bonds is 1. The molecular formula is C7H15NO4. The largest absolute Gasteiger partial charge is 0.394 e. The van der Waals surface area contributed by atoms with Crippen LogP contribution in [0.1, 0.15) is 6.92 Å². The monoisotopic (exact) mass is 177 g/mol. The molecule has 0 aromatic carbocycles. The van der Waals surface area contributed by atoms with Gasteiger partial charge in [-0.1, -0.05) is 6.92 Å². The van der Waals surface area contributed by atoms with E-state index < -0.39 is 24.5 Å². The van der Waals surface area contributed by atoms with Crippen molar-refractivity contribution in [3.8, 4) is 0 Å². The molecule has 1 aliphatic heterocycles. The van der Waals surface area contributed by atoms with Crippen molar-refractivity contribution in [3.63, 3.8) is 0 Å². The van der Waals surface area contributed by atoms with Gasteiger partial charge in [0.25, 0.3) is 0 Å².